The minimum Gasteiger partial charge on any atom is -0.406 e. The number of amides is 1. The molecule has 1 aliphatic rings. The van der Waals surface area contributed by atoms with Crippen LogP contribution in [0.15, 0.2) is 65.3 Å². The number of aromatic nitrogens is 1. The predicted molar refractivity (Wildman–Crippen MR) is 114 cm³/mol. The van der Waals surface area contributed by atoms with E-state index >= 15 is 0 Å². The van der Waals surface area contributed by atoms with Gasteiger partial charge < -0.3 is 20.4 Å². The number of carbonyl (C=O) groups is 1. The number of aliphatic imine (C=N–C) groups is 1. The molecule has 31 heavy (non-hydrogen) atoms. The van der Waals surface area contributed by atoms with Gasteiger partial charge in [0.1, 0.15) is 5.75 Å². The molecule has 0 saturated carbocycles. The van der Waals surface area contributed by atoms with Gasteiger partial charge in [0.2, 0.25) is 0 Å². The molecular formula is C22H19F3N4O2. The predicted octanol–water partition coefficient (Wildman–Crippen LogP) is 5.13. The summed E-state index contributed by atoms with van der Waals surface area (Å²) in [6.45, 7) is 1.40. The average Bonchev–Trinajstić information content (AvgIpc) is 3.18. The zero-order chi connectivity index (χ0) is 21.8. The number of carbonyl (C=O) groups excluding carboxylic acids is 1. The quantitative estimate of drug-likeness (QED) is 0.509. The smallest absolute Gasteiger partial charge is 0.406 e. The van der Waals surface area contributed by atoms with E-state index in [2.05, 4.69) is 25.3 Å². The van der Waals surface area contributed by atoms with Crippen molar-refractivity contribution in [2.75, 3.05) is 23.7 Å². The number of nitrogens with zero attached hydrogens (tertiary/aromatic N) is 1. The molecule has 9 heteroatoms. The number of hydrogen-bond acceptors (Lipinski definition) is 4. The van der Waals surface area contributed by atoms with Crippen molar-refractivity contribution >= 4 is 34.4 Å². The van der Waals surface area contributed by atoms with E-state index in [0.29, 0.717) is 17.8 Å². The van der Waals surface area contributed by atoms with E-state index in [-0.39, 0.29) is 11.7 Å². The Hall–Kier alpha value is -3.75. The van der Waals surface area contributed by atoms with Gasteiger partial charge in [-0.1, -0.05) is 6.07 Å². The molecule has 3 aromatic rings. The van der Waals surface area contributed by atoms with Crippen LogP contribution in [0, 0.1) is 0 Å². The van der Waals surface area contributed by atoms with Gasteiger partial charge in [-0.2, -0.15) is 0 Å². The van der Waals surface area contributed by atoms with Crippen LogP contribution in [0.1, 0.15) is 16.8 Å². The first-order valence-corrected chi connectivity index (χ1v) is 9.58. The lowest BCUT2D eigenvalue weighted by Crippen LogP contribution is -2.17. The van der Waals surface area contributed by atoms with Gasteiger partial charge in [-0.15, -0.1) is 13.2 Å². The van der Waals surface area contributed by atoms with Gasteiger partial charge in [0.25, 0.3) is 5.91 Å². The number of hydrogen-bond donors (Lipinski definition) is 3. The fourth-order valence-electron chi connectivity index (χ4n) is 3.33. The van der Waals surface area contributed by atoms with E-state index in [1.54, 1.807) is 12.4 Å². The van der Waals surface area contributed by atoms with Crippen molar-refractivity contribution in [2.24, 2.45) is 4.99 Å². The minimum absolute atomic E-state index is 0.353. The molecule has 0 fully saturated rings. The Labute approximate surface area is 175 Å². The normalized spacial score (nSPS) is 13.7. The number of fused-ring (bicyclic) bond motifs is 1. The molecule has 4 rings (SSSR count). The fraction of sp³-hybridized carbons (Fsp3) is 0.182. The van der Waals surface area contributed by atoms with E-state index < -0.39 is 6.36 Å². The van der Waals surface area contributed by atoms with E-state index in [4.69, 9.17) is 0 Å². The number of anilines is 2. The largest absolute Gasteiger partial charge is 0.573 e. The third-order valence-corrected chi connectivity index (χ3v) is 4.78. The number of ether oxygens (including phenoxy) is 1. The molecule has 6 nitrogen and oxygen atoms in total. The Morgan fingerprint density at radius 2 is 1.97 bits per heavy atom. The monoisotopic (exact) mass is 428 g/mol. The highest BCUT2D eigenvalue weighted by atomic mass is 19.4. The van der Waals surface area contributed by atoms with E-state index in [1.807, 2.05) is 24.3 Å². The summed E-state index contributed by atoms with van der Waals surface area (Å²) in [4.78, 5) is 20.1. The maximum atomic E-state index is 12.9. The summed E-state index contributed by atoms with van der Waals surface area (Å²) in [5.74, 6) is -0.736. The first-order chi connectivity index (χ1) is 14.9. The maximum Gasteiger partial charge on any atom is 0.573 e. The summed E-state index contributed by atoms with van der Waals surface area (Å²) in [7, 11) is 0. The van der Waals surface area contributed by atoms with Crippen LogP contribution >= 0.6 is 0 Å². The van der Waals surface area contributed by atoms with Crippen molar-refractivity contribution in [3.63, 3.8) is 0 Å². The van der Waals surface area contributed by atoms with Crippen LogP contribution < -0.4 is 15.4 Å². The SMILES string of the molecule is O=C(Nc1ccc(OC(F)(F)F)cc1)c1c[nH]c2cccc(NCC3=CC=NCC3)c12. The summed E-state index contributed by atoms with van der Waals surface area (Å²) in [6.07, 6.45) is 1.50. The third kappa shape index (κ3) is 5.06. The van der Waals surface area contributed by atoms with Gasteiger partial charge in [0.15, 0.2) is 0 Å². The molecule has 0 radical (unpaired) electrons. The Morgan fingerprint density at radius 3 is 2.68 bits per heavy atom. The molecule has 1 aromatic heterocycles. The summed E-state index contributed by atoms with van der Waals surface area (Å²) in [5.41, 5.74) is 3.60. The van der Waals surface area contributed by atoms with Crippen molar-refractivity contribution in [3.05, 3.63) is 65.9 Å². The number of aromatic amines is 1. The average molecular weight is 428 g/mol. The molecule has 3 N–H and O–H groups in total. The molecule has 0 spiro atoms. The fourth-order valence-corrected chi connectivity index (χ4v) is 3.33. The molecule has 0 unspecified atom stereocenters. The molecule has 0 saturated heterocycles. The number of H-pyrrole nitrogens is 1. The lowest BCUT2D eigenvalue weighted by molar-refractivity contribution is -0.274. The van der Waals surface area contributed by atoms with Crippen molar-refractivity contribution < 1.29 is 22.7 Å². The zero-order valence-corrected chi connectivity index (χ0v) is 16.3. The number of alkyl halides is 3. The first kappa shape index (κ1) is 20.5. The van der Waals surface area contributed by atoms with Gasteiger partial charge in [-0.25, -0.2) is 0 Å². The van der Waals surface area contributed by atoms with Gasteiger partial charge in [-0.05, 0) is 54.5 Å². The summed E-state index contributed by atoms with van der Waals surface area (Å²) < 4.78 is 40.7. The van der Waals surface area contributed by atoms with Crippen LogP contribution in [0.4, 0.5) is 24.5 Å². The van der Waals surface area contributed by atoms with Crippen LogP contribution in [-0.4, -0.2) is 36.6 Å². The summed E-state index contributed by atoms with van der Waals surface area (Å²) >= 11 is 0. The second-order valence-corrected chi connectivity index (χ2v) is 6.94. The molecule has 0 atom stereocenters. The van der Waals surface area contributed by atoms with Crippen molar-refractivity contribution in [2.45, 2.75) is 12.8 Å². The summed E-state index contributed by atoms with van der Waals surface area (Å²) in [5, 5.41) is 6.82. The van der Waals surface area contributed by atoms with Gasteiger partial charge in [0.05, 0.1) is 5.56 Å². The van der Waals surface area contributed by atoms with Crippen molar-refractivity contribution in [1.29, 1.82) is 0 Å². The second kappa shape index (κ2) is 8.55. The van der Waals surface area contributed by atoms with Gasteiger partial charge >= 0.3 is 6.36 Å². The second-order valence-electron chi connectivity index (χ2n) is 6.94. The molecule has 1 amide bonds. The van der Waals surface area contributed by atoms with E-state index in [0.717, 1.165) is 41.7 Å². The number of dihydropyridines is 1. The highest BCUT2D eigenvalue weighted by Crippen LogP contribution is 2.29. The van der Waals surface area contributed by atoms with Crippen LogP contribution in [0.25, 0.3) is 10.9 Å². The Bertz CT molecular complexity index is 1150. The molecule has 0 bridgehead atoms. The number of halogens is 3. The minimum atomic E-state index is -4.77. The molecule has 0 aliphatic carbocycles. The van der Waals surface area contributed by atoms with Crippen LogP contribution in [0.2, 0.25) is 0 Å². The number of nitrogens with one attached hydrogen (secondary N) is 3. The van der Waals surface area contributed by atoms with Crippen molar-refractivity contribution in [3.8, 4) is 5.75 Å². The first-order valence-electron chi connectivity index (χ1n) is 9.58. The Balaban J connectivity index is 1.51. The molecule has 1 aliphatic heterocycles. The number of allylic oxidation sites excluding steroid dienone is 1. The highest BCUT2D eigenvalue weighted by molar-refractivity contribution is 6.15. The lowest BCUT2D eigenvalue weighted by atomic mass is 10.1. The number of benzene rings is 2. The standard InChI is InChI=1S/C22H19F3N4O2/c23-22(24,25)31-16-6-4-15(5-7-16)29-21(30)17-13-28-19-3-1-2-18(20(17)19)27-12-14-8-10-26-11-9-14/h1-8,10,13,27-28H,9,11-12H2,(H,29,30). The maximum absolute atomic E-state index is 12.9. The van der Waals surface area contributed by atoms with E-state index in [9.17, 15) is 18.0 Å². The molecule has 2 heterocycles. The molecular weight excluding hydrogens is 409 g/mol. The molecule has 160 valence electrons. The van der Waals surface area contributed by atoms with E-state index in [1.165, 1.54) is 17.7 Å². The Morgan fingerprint density at radius 1 is 1.16 bits per heavy atom. The van der Waals surface area contributed by atoms with Crippen LogP contribution in [0.3, 0.4) is 0 Å². The van der Waals surface area contributed by atoms with Crippen LogP contribution in [0.5, 0.6) is 5.75 Å². The van der Waals surface area contributed by atoms with Gasteiger partial charge in [-0.3, -0.25) is 9.79 Å². The highest BCUT2D eigenvalue weighted by Gasteiger charge is 2.31. The van der Waals surface area contributed by atoms with Crippen molar-refractivity contribution in [1.82, 2.24) is 4.98 Å². The topological polar surface area (TPSA) is 78.5 Å². The van der Waals surface area contributed by atoms with Crippen LogP contribution in [-0.2, 0) is 0 Å². The lowest BCUT2D eigenvalue weighted by Gasteiger charge is -2.13. The third-order valence-electron chi connectivity index (χ3n) is 4.78. The van der Waals surface area contributed by atoms with Gasteiger partial charge in [0, 0.05) is 47.8 Å². The molecule has 2 aromatic carbocycles. The zero-order valence-electron chi connectivity index (χ0n) is 16.3. The summed E-state index contributed by atoms with van der Waals surface area (Å²) in [6, 6.07) is 10.6. The number of rotatable bonds is 6. The Kier molecular flexibility index (Phi) is 5.66.